The molecular weight excluding hydrogens is 214 g/mol. The van der Waals surface area contributed by atoms with Crippen molar-refractivity contribution in [3.05, 3.63) is 16.1 Å². The lowest BCUT2D eigenvalue weighted by atomic mass is 10.1. The molecule has 0 saturated carbocycles. The van der Waals surface area contributed by atoms with Gasteiger partial charge in [-0.25, -0.2) is 4.98 Å². The van der Waals surface area contributed by atoms with E-state index >= 15 is 0 Å². The maximum absolute atomic E-state index is 11.6. The number of carbonyl (C=O) groups excluding carboxylic acids is 1. The highest BCUT2D eigenvalue weighted by atomic mass is 32.1. The molecule has 0 aromatic carbocycles. The van der Waals surface area contributed by atoms with Crippen LogP contribution in [0.4, 0.5) is 0 Å². The maximum Gasteiger partial charge on any atom is 0.194 e. The van der Waals surface area contributed by atoms with Gasteiger partial charge in [0.2, 0.25) is 0 Å². The number of nitrogens with zero attached hydrogens (tertiary/aromatic N) is 1. The molecule has 1 aromatic heterocycles. The van der Waals surface area contributed by atoms with E-state index < -0.39 is 0 Å². The number of hydrogen-bond acceptors (Lipinski definition) is 5. The highest BCUT2D eigenvalue weighted by molar-refractivity contribution is 7.13. The second-order valence-electron chi connectivity index (χ2n) is 3.66. The van der Waals surface area contributed by atoms with Crippen LogP contribution in [0, 0.1) is 5.92 Å². The zero-order chi connectivity index (χ0) is 10.8. The van der Waals surface area contributed by atoms with E-state index in [1.165, 1.54) is 11.3 Å². The number of rotatable bonds is 3. The second-order valence-corrected chi connectivity index (χ2v) is 4.72. The fourth-order valence-electron chi connectivity index (χ4n) is 1.28. The molecule has 1 saturated heterocycles. The van der Waals surface area contributed by atoms with Crippen molar-refractivity contribution in [1.82, 2.24) is 4.98 Å². The van der Waals surface area contributed by atoms with E-state index in [9.17, 15) is 4.79 Å². The lowest BCUT2D eigenvalue weighted by Crippen LogP contribution is -2.06. The molecule has 0 N–H and O–H groups in total. The molecule has 0 aliphatic carbocycles. The Morgan fingerprint density at radius 3 is 2.80 bits per heavy atom. The molecule has 2 heterocycles. The summed E-state index contributed by atoms with van der Waals surface area (Å²) in [7, 11) is 0. The van der Waals surface area contributed by atoms with Crippen molar-refractivity contribution in [3.63, 3.8) is 0 Å². The van der Waals surface area contributed by atoms with Crippen LogP contribution in [0.25, 0.3) is 0 Å². The number of ether oxygens (including phenoxy) is 2. The molecule has 1 fully saturated rings. The van der Waals surface area contributed by atoms with Gasteiger partial charge in [0.05, 0.1) is 18.1 Å². The first-order valence-electron chi connectivity index (χ1n) is 4.91. The molecular formula is C10H13NO3S. The zero-order valence-electron chi connectivity index (χ0n) is 8.73. The van der Waals surface area contributed by atoms with E-state index in [0.29, 0.717) is 18.2 Å². The smallest absolute Gasteiger partial charge is 0.194 e. The van der Waals surface area contributed by atoms with Crippen molar-refractivity contribution in [2.75, 3.05) is 13.2 Å². The van der Waals surface area contributed by atoms with E-state index in [2.05, 4.69) is 4.98 Å². The fourth-order valence-corrected chi connectivity index (χ4v) is 2.28. The van der Waals surface area contributed by atoms with E-state index in [0.717, 1.165) is 4.88 Å². The normalized spacial score (nSPS) is 17.5. The van der Waals surface area contributed by atoms with Crippen LogP contribution in [0.15, 0.2) is 6.20 Å². The van der Waals surface area contributed by atoms with Crippen LogP contribution in [-0.4, -0.2) is 24.0 Å². The van der Waals surface area contributed by atoms with Crippen molar-refractivity contribution in [3.8, 4) is 0 Å². The lowest BCUT2D eigenvalue weighted by molar-refractivity contribution is -0.0414. The van der Waals surface area contributed by atoms with Gasteiger partial charge in [0.1, 0.15) is 0 Å². The van der Waals surface area contributed by atoms with Crippen LogP contribution in [-0.2, 0) is 9.47 Å². The molecule has 0 atom stereocenters. The summed E-state index contributed by atoms with van der Waals surface area (Å²) in [6.45, 7) is 4.95. The maximum atomic E-state index is 11.6. The summed E-state index contributed by atoms with van der Waals surface area (Å²) in [5, 5.41) is 0.541. The molecule has 15 heavy (non-hydrogen) atoms. The number of ketones is 1. The average molecular weight is 227 g/mol. The van der Waals surface area contributed by atoms with Crippen LogP contribution < -0.4 is 0 Å². The molecule has 1 aliphatic heterocycles. The molecule has 5 heteroatoms. The largest absolute Gasteiger partial charge is 0.345 e. The summed E-state index contributed by atoms with van der Waals surface area (Å²) in [6, 6.07) is 0. The number of carbonyl (C=O) groups is 1. The van der Waals surface area contributed by atoms with Gasteiger partial charge in [-0.1, -0.05) is 13.8 Å². The van der Waals surface area contributed by atoms with Gasteiger partial charge in [-0.3, -0.25) is 4.79 Å². The predicted octanol–water partition coefficient (Wildman–Crippen LogP) is 2.03. The topological polar surface area (TPSA) is 48.4 Å². The van der Waals surface area contributed by atoms with Crippen molar-refractivity contribution in [2.24, 2.45) is 5.92 Å². The zero-order valence-corrected chi connectivity index (χ0v) is 9.54. The predicted molar refractivity (Wildman–Crippen MR) is 55.9 cm³/mol. The summed E-state index contributed by atoms with van der Waals surface area (Å²) in [5.41, 5.74) is 0. The van der Waals surface area contributed by atoms with Crippen LogP contribution in [0.3, 0.4) is 0 Å². The quantitative estimate of drug-likeness (QED) is 0.741. The Hall–Kier alpha value is -0.780. The van der Waals surface area contributed by atoms with Crippen molar-refractivity contribution in [2.45, 2.75) is 20.1 Å². The second kappa shape index (κ2) is 4.38. The Morgan fingerprint density at radius 1 is 1.53 bits per heavy atom. The first-order chi connectivity index (χ1) is 7.18. The minimum absolute atomic E-state index is 0.0191. The number of Topliss-reactive ketones (excluding diaryl/α,β-unsaturated/α-hetero) is 1. The number of hydrogen-bond donors (Lipinski definition) is 0. The number of thiazole rings is 1. The third kappa shape index (κ3) is 2.25. The Labute approximate surface area is 92.2 Å². The molecule has 0 bridgehead atoms. The first-order valence-corrected chi connectivity index (χ1v) is 5.73. The van der Waals surface area contributed by atoms with Crippen LogP contribution in [0.1, 0.15) is 34.8 Å². The molecule has 0 radical (unpaired) electrons. The SMILES string of the molecule is CC(C)C(=O)c1ncc(C2OCCO2)s1. The highest BCUT2D eigenvalue weighted by Crippen LogP contribution is 2.28. The van der Waals surface area contributed by atoms with Crippen LogP contribution in [0.5, 0.6) is 0 Å². The molecule has 0 amide bonds. The van der Waals surface area contributed by atoms with Crippen molar-refractivity contribution >= 4 is 17.1 Å². The fraction of sp³-hybridized carbons (Fsp3) is 0.600. The molecule has 1 aromatic rings. The van der Waals surface area contributed by atoms with Gasteiger partial charge in [0.15, 0.2) is 17.1 Å². The van der Waals surface area contributed by atoms with Gasteiger partial charge in [-0.15, -0.1) is 11.3 Å². The molecule has 0 unspecified atom stereocenters. The summed E-state index contributed by atoms with van der Waals surface area (Å²) in [5.74, 6) is 0.0543. The van der Waals surface area contributed by atoms with E-state index in [1.807, 2.05) is 13.8 Å². The van der Waals surface area contributed by atoms with E-state index in [-0.39, 0.29) is 18.0 Å². The van der Waals surface area contributed by atoms with E-state index in [4.69, 9.17) is 9.47 Å². The van der Waals surface area contributed by atoms with Gasteiger partial charge in [-0.2, -0.15) is 0 Å². The van der Waals surface area contributed by atoms with Gasteiger partial charge in [0.25, 0.3) is 0 Å². The van der Waals surface area contributed by atoms with Gasteiger partial charge < -0.3 is 9.47 Å². The van der Waals surface area contributed by atoms with Crippen LogP contribution in [0.2, 0.25) is 0 Å². The summed E-state index contributed by atoms with van der Waals surface area (Å²) in [6.07, 6.45) is 1.34. The third-order valence-corrected chi connectivity index (χ3v) is 3.15. The molecule has 1 aliphatic rings. The van der Waals surface area contributed by atoms with Crippen molar-refractivity contribution in [1.29, 1.82) is 0 Å². The Kier molecular flexibility index (Phi) is 3.14. The van der Waals surface area contributed by atoms with E-state index in [1.54, 1.807) is 6.20 Å². The summed E-state index contributed by atoms with van der Waals surface area (Å²) < 4.78 is 10.7. The molecule has 0 spiro atoms. The van der Waals surface area contributed by atoms with Gasteiger partial charge in [0, 0.05) is 12.1 Å². The van der Waals surface area contributed by atoms with Gasteiger partial charge >= 0.3 is 0 Å². The standard InChI is InChI=1S/C10H13NO3S/c1-6(2)8(12)9-11-5-7(15-9)10-13-3-4-14-10/h5-6,10H,3-4H2,1-2H3. The van der Waals surface area contributed by atoms with Crippen molar-refractivity contribution < 1.29 is 14.3 Å². The number of aromatic nitrogens is 1. The Morgan fingerprint density at radius 2 is 2.20 bits per heavy atom. The average Bonchev–Trinajstić information content (AvgIpc) is 2.86. The molecule has 4 nitrogen and oxygen atoms in total. The summed E-state index contributed by atoms with van der Waals surface area (Å²) >= 11 is 1.36. The lowest BCUT2D eigenvalue weighted by Gasteiger charge is -2.03. The first kappa shape index (κ1) is 10.7. The molecule has 82 valence electrons. The summed E-state index contributed by atoms with van der Waals surface area (Å²) in [4.78, 5) is 16.6. The Bertz CT molecular complexity index is 355. The third-order valence-electron chi connectivity index (χ3n) is 2.11. The van der Waals surface area contributed by atoms with Gasteiger partial charge in [-0.05, 0) is 0 Å². The monoisotopic (exact) mass is 227 g/mol. The Balaban J connectivity index is 2.12. The minimum Gasteiger partial charge on any atom is -0.345 e. The minimum atomic E-state index is -0.323. The highest BCUT2D eigenvalue weighted by Gasteiger charge is 2.23. The molecule has 2 rings (SSSR count). The van der Waals surface area contributed by atoms with Crippen LogP contribution >= 0.6 is 11.3 Å².